The molecular formula is C41H49ClN4O7S. The van der Waals surface area contributed by atoms with Gasteiger partial charge in [0.05, 0.1) is 25.0 Å². The monoisotopic (exact) mass is 776 g/mol. The number of likely N-dealkylation sites (tertiary alicyclic amines) is 1. The number of benzene rings is 3. The number of para-hydroxylation sites is 2. The molecule has 2 fully saturated rings. The fourth-order valence-electron chi connectivity index (χ4n) is 7.72. The second-order valence-electron chi connectivity index (χ2n) is 14.8. The third-order valence-electron chi connectivity index (χ3n) is 10.6. The largest absolute Gasteiger partial charge is 0.434 e. The van der Waals surface area contributed by atoms with Gasteiger partial charge in [-0.05, 0) is 66.1 Å². The number of oxazole rings is 1. The number of Topliss-reactive ketones (excluding diaryl/α,β-unsaturated/α-hetero) is 2. The quantitative estimate of drug-likeness (QED) is 0.116. The number of nitrogens with zero attached hydrogens (tertiary/aromatic N) is 2. The first-order valence-corrected chi connectivity index (χ1v) is 21.1. The van der Waals surface area contributed by atoms with Gasteiger partial charge in [-0.3, -0.25) is 14.4 Å². The van der Waals surface area contributed by atoms with Crippen molar-refractivity contribution in [3.05, 3.63) is 100 Å². The summed E-state index contributed by atoms with van der Waals surface area (Å²) >= 11 is 6.08. The Morgan fingerprint density at radius 3 is 2.35 bits per heavy atom. The first-order chi connectivity index (χ1) is 26.0. The van der Waals surface area contributed by atoms with E-state index in [9.17, 15) is 22.8 Å². The molecule has 2 aliphatic rings. The van der Waals surface area contributed by atoms with E-state index in [4.69, 9.17) is 26.5 Å². The first kappa shape index (κ1) is 39.7. The Hall–Kier alpha value is -3.94. The maximum atomic E-state index is 14.5. The Morgan fingerprint density at radius 1 is 0.981 bits per heavy atom. The van der Waals surface area contributed by atoms with E-state index in [2.05, 4.69) is 9.71 Å². The van der Waals surface area contributed by atoms with Crippen molar-refractivity contribution < 1.29 is 32.0 Å². The number of carbonyl (C=O) groups is 3. The second-order valence-corrected chi connectivity index (χ2v) is 17.0. The van der Waals surface area contributed by atoms with Crippen LogP contribution in [-0.4, -0.2) is 66.8 Å². The number of hydrogen-bond donors (Lipinski definition) is 2. The molecule has 54 heavy (non-hydrogen) atoms. The highest BCUT2D eigenvalue weighted by atomic mass is 35.5. The number of ether oxygens (including phenoxy) is 1. The van der Waals surface area contributed by atoms with E-state index in [0.29, 0.717) is 41.4 Å². The van der Waals surface area contributed by atoms with Gasteiger partial charge >= 0.3 is 0 Å². The van der Waals surface area contributed by atoms with E-state index in [1.165, 1.54) is 11.3 Å². The van der Waals surface area contributed by atoms with Gasteiger partial charge in [0.25, 0.3) is 5.89 Å². The number of carbonyl (C=O) groups excluding carboxylic acids is 3. The molecule has 1 amide bonds. The number of halogens is 1. The van der Waals surface area contributed by atoms with E-state index in [-0.39, 0.29) is 44.1 Å². The highest BCUT2D eigenvalue weighted by Gasteiger charge is 2.44. The number of sulfonamides is 1. The Labute approximate surface area is 322 Å². The lowest BCUT2D eigenvalue weighted by Crippen LogP contribution is -2.52. The number of fused-ring (bicyclic) bond motifs is 1. The topological polar surface area (TPSA) is 162 Å². The van der Waals surface area contributed by atoms with Crippen molar-refractivity contribution in [2.24, 2.45) is 17.6 Å². The third kappa shape index (κ3) is 10.6. The summed E-state index contributed by atoms with van der Waals surface area (Å²) in [6, 6.07) is 19.9. The van der Waals surface area contributed by atoms with Crippen LogP contribution in [0.4, 0.5) is 0 Å². The number of nitrogens with one attached hydrogen (secondary N) is 1. The predicted octanol–water partition coefficient (Wildman–Crippen LogP) is 6.41. The van der Waals surface area contributed by atoms with Crippen molar-refractivity contribution in [1.82, 2.24) is 14.6 Å². The first-order valence-electron chi connectivity index (χ1n) is 18.8. The molecule has 1 saturated carbocycles. The molecule has 1 saturated heterocycles. The van der Waals surface area contributed by atoms with Gasteiger partial charge in [0.15, 0.2) is 11.4 Å². The zero-order valence-electron chi connectivity index (χ0n) is 30.6. The molecule has 3 N–H and O–H groups in total. The van der Waals surface area contributed by atoms with Crippen molar-refractivity contribution in [3.8, 4) is 0 Å². The second kappa shape index (κ2) is 18.1. The van der Waals surface area contributed by atoms with Gasteiger partial charge in [-0.15, -0.1) is 0 Å². The van der Waals surface area contributed by atoms with Crippen molar-refractivity contribution in [1.29, 1.82) is 0 Å². The van der Waals surface area contributed by atoms with Crippen LogP contribution < -0.4 is 10.5 Å². The zero-order valence-corrected chi connectivity index (χ0v) is 32.2. The maximum absolute atomic E-state index is 14.5. The molecule has 288 valence electrons. The van der Waals surface area contributed by atoms with Gasteiger partial charge in [0.2, 0.25) is 21.7 Å². The standard InChI is InChI=1S/C41H49ClN4O7S/c1-54(50,51)45-35(20-17-27-7-3-2-4-8-27)41(49)46-25-33(52-26-30-15-18-32(42)19-16-30)23-36(46)37(47)22-31(21-28-11-13-29(24-43)14-12-28)39(48)40-44-34-9-5-6-10-38(34)53-40/h5-6,9-16,18-19,27,31,33,35-36,45H,2-4,7-8,17,20-26,43H2,1H3/t31-,33-,35-,36+/m1/s1. The molecule has 2 heterocycles. The molecule has 13 heteroatoms. The van der Waals surface area contributed by atoms with Crippen LogP contribution in [0.2, 0.25) is 5.02 Å². The van der Waals surface area contributed by atoms with Gasteiger partial charge in [-0.1, -0.05) is 92.2 Å². The minimum absolute atomic E-state index is 0.0868. The summed E-state index contributed by atoms with van der Waals surface area (Å²) in [6.07, 6.45) is 7.32. The summed E-state index contributed by atoms with van der Waals surface area (Å²) in [5, 5.41) is 0.594. The van der Waals surface area contributed by atoms with Crippen LogP contribution >= 0.6 is 11.6 Å². The smallest absolute Gasteiger partial charge is 0.264 e. The highest BCUT2D eigenvalue weighted by Crippen LogP contribution is 2.31. The maximum Gasteiger partial charge on any atom is 0.264 e. The normalized spacial score (nSPS) is 19.2. The molecule has 0 bridgehead atoms. The van der Waals surface area contributed by atoms with E-state index < -0.39 is 45.8 Å². The number of aromatic nitrogens is 1. The van der Waals surface area contributed by atoms with Gasteiger partial charge in [0, 0.05) is 36.9 Å². The highest BCUT2D eigenvalue weighted by molar-refractivity contribution is 7.88. The lowest BCUT2D eigenvalue weighted by Gasteiger charge is -2.30. The van der Waals surface area contributed by atoms with Crippen LogP contribution in [0.1, 0.15) is 85.2 Å². The fraction of sp³-hybridized carbons (Fsp3) is 0.463. The van der Waals surface area contributed by atoms with E-state index in [0.717, 1.165) is 48.6 Å². The Bertz CT molecular complexity index is 1980. The van der Waals surface area contributed by atoms with Gasteiger partial charge in [0.1, 0.15) is 11.6 Å². The van der Waals surface area contributed by atoms with Crippen LogP contribution in [0, 0.1) is 11.8 Å². The molecule has 4 atom stereocenters. The molecule has 1 aliphatic heterocycles. The van der Waals surface area contributed by atoms with Gasteiger partial charge < -0.3 is 19.8 Å². The minimum Gasteiger partial charge on any atom is -0.434 e. The Morgan fingerprint density at radius 2 is 1.67 bits per heavy atom. The average molecular weight is 777 g/mol. The molecule has 1 aliphatic carbocycles. The molecule has 6 rings (SSSR count). The number of nitrogens with two attached hydrogens (primary N) is 1. The van der Waals surface area contributed by atoms with Crippen molar-refractivity contribution in [2.75, 3.05) is 12.8 Å². The fourth-order valence-corrected chi connectivity index (χ4v) is 8.58. The summed E-state index contributed by atoms with van der Waals surface area (Å²) in [4.78, 5) is 49.0. The van der Waals surface area contributed by atoms with Gasteiger partial charge in [-0.2, -0.15) is 0 Å². The number of rotatable bonds is 17. The average Bonchev–Trinajstić information content (AvgIpc) is 3.81. The third-order valence-corrected chi connectivity index (χ3v) is 11.6. The van der Waals surface area contributed by atoms with Crippen LogP contribution in [0.25, 0.3) is 11.1 Å². The number of amides is 1. The van der Waals surface area contributed by atoms with E-state index in [1.54, 1.807) is 36.4 Å². The molecule has 0 radical (unpaired) electrons. The summed E-state index contributed by atoms with van der Waals surface area (Å²) < 4.78 is 39.8. The lowest BCUT2D eigenvalue weighted by molar-refractivity contribution is -0.139. The molecule has 3 aromatic carbocycles. The van der Waals surface area contributed by atoms with Crippen LogP contribution in [0.5, 0.6) is 0 Å². The molecule has 0 spiro atoms. The molecule has 0 unspecified atom stereocenters. The van der Waals surface area contributed by atoms with Crippen molar-refractivity contribution in [3.63, 3.8) is 0 Å². The Balaban J connectivity index is 1.26. The lowest BCUT2D eigenvalue weighted by atomic mass is 9.85. The van der Waals surface area contributed by atoms with Gasteiger partial charge in [-0.25, -0.2) is 18.1 Å². The van der Waals surface area contributed by atoms with Crippen LogP contribution in [0.15, 0.2) is 77.2 Å². The summed E-state index contributed by atoms with van der Waals surface area (Å²) in [5.74, 6) is -1.73. The molecule has 1 aromatic heterocycles. The summed E-state index contributed by atoms with van der Waals surface area (Å²) in [5.41, 5.74) is 9.45. The predicted molar refractivity (Wildman–Crippen MR) is 207 cm³/mol. The summed E-state index contributed by atoms with van der Waals surface area (Å²) in [7, 11) is -3.76. The molecule has 11 nitrogen and oxygen atoms in total. The van der Waals surface area contributed by atoms with Crippen LogP contribution in [0.3, 0.4) is 0 Å². The van der Waals surface area contributed by atoms with E-state index >= 15 is 0 Å². The number of ketones is 2. The summed E-state index contributed by atoms with van der Waals surface area (Å²) in [6.45, 7) is 0.695. The van der Waals surface area contributed by atoms with Crippen LogP contribution in [-0.2, 0) is 43.9 Å². The van der Waals surface area contributed by atoms with E-state index in [1.807, 2.05) is 36.4 Å². The van der Waals surface area contributed by atoms with Crippen molar-refractivity contribution in [2.45, 2.75) is 95.5 Å². The zero-order chi connectivity index (χ0) is 38.2. The number of hydrogen-bond acceptors (Lipinski definition) is 9. The Kier molecular flexibility index (Phi) is 13.3. The molecule has 4 aromatic rings. The molecular weight excluding hydrogens is 728 g/mol. The SMILES string of the molecule is CS(=O)(=O)N[C@H](CCC1CCCCC1)C(=O)N1C[C@H](OCc2ccc(Cl)cc2)C[C@H]1C(=O)C[C@@H](Cc1ccc(CN)cc1)C(=O)c1nc2ccccc2o1. The van der Waals surface area contributed by atoms with Crippen molar-refractivity contribution >= 4 is 50.2 Å². The minimum atomic E-state index is -3.76.